The lowest BCUT2D eigenvalue weighted by Crippen LogP contribution is -2.12. The number of sulfonamides is 1. The van der Waals surface area contributed by atoms with Crippen LogP contribution in [0.1, 0.15) is 0 Å². The molecule has 0 fully saturated rings. The summed E-state index contributed by atoms with van der Waals surface area (Å²) in [5.41, 5.74) is 0. The van der Waals surface area contributed by atoms with Gasteiger partial charge in [-0.1, -0.05) is 27.5 Å². The molecule has 0 aliphatic heterocycles. The summed E-state index contributed by atoms with van der Waals surface area (Å²) in [6, 6.07) is 4.70. The number of pyridine rings is 1. The highest BCUT2D eigenvalue weighted by Crippen LogP contribution is 2.30. The van der Waals surface area contributed by atoms with Crippen molar-refractivity contribution >= 4 is 48.3 Å². The van der Waals surface area contributed by atoms with E-state index in [-0.39, 0.29) is 10.0 Å². The molecule has 1 heterocycles. The molecule has 0 bridgehead atoms. The number of aromatic nitrogens is 1. The Hall–Kier alpha value is -0.690. The van der Waals surface area contributed by atoms with E-state index in [4.69, 9.17) is 16.7 Å². The third-order valence-corrected chi connectivity index (χ3v) is 3.77. The van der Waals surface area contributed by atoms with Crippen molar-refractivity contribution in [3.05, 3.63) is 34.0 Å². The minimum atomic E-state index is -3.79. The summed E-state index contributed by atoms with van der Waals surface area (Å²) < 4.78 is 23.4. The predicted molar refractivity (Wildman–Crippen MR) is 65.8 cm³/mol. The molecule has 4 nitrogen and oxygen atoms in total. The topological polar surface area (TPSA) is 73.1 Å². The van der Waals surface area contributed by atoms with Crippen molar-refractivity contribution in [1.82, 2.24) is 4.98 Å². The van der Waals surface area contributed by atoms with Gasteiger partial charge < -0.3 is 0 Å². The van der Waals surface area contributed by atoms with Crippen LogP contribution in [-0.2, 0) is 10.0 Å². The normalized spacial score (nSPS) is 11.9. The molecule has 0 saturated carbocycles. The minimum Gasteiger partial charge on any atom is -0.244 e. The largest absolute Gasteiger partial charge is 0.244 e. The van der Waals surface area contributed by atoms with Gasteiger partial charge in [0.25, 0.3) is 0 Å². The fourth-order valence-corrected chi connectivity index (χ4v) is 3.02. The summed E-state index contributed by atoms with van der Waals surface area (Å²) in [6.45, 7) is 0. The number of nitrogens with two attached hydrogens (primary N) is 1. The van der Waals surface area contributed by atoms with Crippen molar-refractivity contribution in [2.45, 2.75) is 4.90 Å². The van der Waals surface area contributed by atoms with Crippen LogP contribution in [0.3, 0.4) is 0 Å². The molecule has 16 heavy (non-hydrogen) atoms. The van der Waals surface area contributed by atoms with Crippen molar-refractivity contribution < 1.29 is 8.42 Å². The van der Waals surface area contributed by atoms with Gasteiger partial charge in [0, 0.05) is 21.4 Å². The minimum absolute atomic E-state index is 0.0289. The van der Waals surface area contributed by atoms with Gasteiger partial charge >= 0.3 is 0 Å². The molecule has 84 valence electrons. The van der Waals surface area contributed by atoms with Gasteiger partial charge in [0.05, 0.1) is 4.90 Å². The first-order valence-electron chi connectivity index (χ1n) is 4.16. The molecule has 0 atom stereocenters. The van der Waals surface area contributed by atoms with Gasteiger partial charge in [-0.2, -0.15) is 0 Å². The lowest BCUT2D eigenvalue weighted by atomic mass is 10.2. The summed E-state index contributed by atoms with van der Waals surface area (Å²) >= 11 is 9.09. The average Bonchev–Trinajstić information content (AvgIpc) is 2.17. The molecule has 2 aromatic rings. The Balaban J connectivity index is 3.01. The molecule has 2 rings (SSSR count). The van der Waals surface area contributed by atoms with Crippen LogP contribution in [0.2, 0.25) is 5.15 Å². The lowest BCUT2D eigenvalue weighted by Gasteiger charge is -2.06. The SMILES string of the molecule is NS(=O)(=O)c1cc(Br)cc2c(Cl)nccc12. The Labute approximate surface area is 106 Å². The second-order valence-corrected chi connectivity index (χ2v) is 5.95. The van der Waals surface area contributed by atoms with E-state index in [0.717, 1.165) is 0 Å². The molecule has 0 aliphatic carbocycles. The third kappa shape index (κ3) is 2.06. The summed E-state index contributed by atoms with van der Waals surface area (Å²) in [4.78, 5) is 3.91. The monoisotopic (exact) mass is 320 g/mol. The number of hydrogen-bond donors (Lipinski definition) is 1. The molecule has 1 aromatic carbocycles. The molecule has 0 aliphatic rings. The Morgan fingerprint density at radius 2 is 2.00 bits per heavy atom. The van der Waals surface area contributed by atoms with Crippen molar-refractivity contribution in [3.63, 3.8) is 0 Å². The van der Waals surface area contributed by atoms with Crippen LogP contribution < -0.4 is 5.14 Å². The van der Waals surface area contributed by atoms with Crippen molar-refractivity contribution in [2.75, 3.05) is 0 Å². The number of benzene rings is 1. The molecule has 7 heteroatoms. The second kappa shape index (κ2) is 3.96. The maximum atomic E-state index is 11.4. The van der Waals surface area contributed by atoms with Crippen molar-refractivity contribution in [1.29, 1.82) is 0 Å². The summed E-state index contributed by atoms with van der Waals surface area (Å²) in [5.74, 6) is 0. The fourth-order valence-electron chi connectivity index (χ4n) is 1.42. The van der Waals surface area contributed by atoms with Crippen LogP contribution in [0, 0.1) is 0 Å². The lowest BCUT2D eigenvalue weighted by molar-refractivity contribution is 0.598. The number of primary sulfonamides is 1. The number of halogens is 2. The first kappa shape index (κ1) is 11.8. The highest BCUT2D eigenvalue weighted by Gasteiger charge is 2.15. The number of rotatable bonds is 1. The van der Waals surface area contributed by atoms with E-state index in [1.54, 1.807) is 12.1 Å². The number of nitrogens with zero attached hydrogens (tertiary/aromatic N) is 1. The quantitative estimate of drug-likeness (QED) is 0.819. The zero-order chi connectivity index (χ0) is 11.9. The highest BCUT2D eigenvalue weighted by atomic mass is 79.9. The predicted octanol–water partition coefficient (Wildman–Crippen LogP) is 2.30. The van der Waals surface area contributed by atoms with Crippen LogP contribution in [0.25, 0.3) is 10.8 Å². The van der Waals surface area contributed by atoms with Crippen LogP contribution >= 0.6 is 27.5 Å². The molecule has 0 saturated heterocycles. The van der Waals surface area contributed by atoms with E-state index in [1.165, 1.54) is 12.3 Å². The third-order valence-electron chi connectivity index (χ3n) is 2.06. The molecule has 2 N–H and O–H groups in total. The zero-order valence-corrected chi connectivity index (χ0v) is 11.0. The molecule has 1 aromatic heterocycles. The van der Waals surface area contributed by atoms with Crippen molar-refractivity contribution in [3.8, 4) is 0 Å². The summed E-state index contributed by atoms with van der Waals surface area (Å²) in [7, 11) is -3.79. The van der Waals surface area contributed by atoms with Crippen molar-refractivity contribution in [2.24, 2.45) is 5.14 Å². The molecule has 0 radical (unpaired) electrons. The number of fused-ring (bicyclic) bond motifs is 1. The number of hydrogen-bond acceptors (Lipinski definition) is 3. The van der Waals surface area contributed by atoms with Crippen LogP contribution in [-0.4, -0.2) is 13.4 Å². The van der Waals surface area contributed by atoms with Gasteiger partial charge in [0.2, 0.25) is 10.0 Å². The van der Waals surface area contributed by atoms with E-state index in [2.05, 4.69) is 20.9 Å². The molecule has 0 unspecified atom stereocenters. The van der Waals surface area contributed by atoms with E-state index in [9.17, 15) is 8.42 Å². The van der Waals surface area contributed by atoms with Crippen LogP contribution in [0.5, 0.6) is 0 Å². The Morgan fingerprint density at radius 3 is 2.62 bits per heavy atom. The van der Waals surface area contributed by atoms with E-state index >= 15 is 0 Å². The zero-order valence-electron chi connectivity index (χ0n) is 7.81. The summed E-state index contributed by atoms with van der Waals surface area (Å²) in [6.07, 6.45) is 1.44. The molecule has 0 amide bonds. The molecular formula is C9H6BrClN2O2S. The smallest absolute Gasteiger partial charge is 0.238 e. The van der Waals surface area contributed by atoms with Crippen LogP contribution in [0.4, 0.5) is 0 Å². The fraction of sp³-hybridized carbons (Fsp3) is 0. The Morgan fingerprint density at radius 1 is 1.31 bits per heavy atom. The van der Waals surface area contributed by atoms with E-state index in [0.29, 0.717) is 15.2 Å². The average molecular weight is 322 g/mol. The van der Waals surface area contributed by atoms with Gasteiger partial charge in [0.1, 0.15) is 5.15 Å². The van der Waals surface area contributed by atoms with Gasteiger partial charge in [-0.3, -0.25) is 0 Å². The first-order valence-corrected chi connectivity index (χ1v) is 6.88. The van der Waals surface area contributed by atoms with Gasteiger partial charge in [-0.15, -0.1) is 0 Å². The highest BCUT2D eigenvalue weighted by molar-refractivity contribution is 9.10. The maximum absolute atomic E-state index is 11.4. The molecule has 0 spiro atoms. The Bertz CT molecular complexity index is 673. The van der Waals surface area contributed by atoms with E-state index in [1.807, 2.05) is 0 Å². The summed E-state index contributed by atoms with van der Waals surface area (Å²) in [5, 5.41) is 6.38. The Kier molecular flexibility index (Phi) is 2.91. The van der Waals surface area contributed by atoms with Gasteiger partial charge in [-0.25, -0.2) is 18.5 Å². The van der Waals surface area contributed by atoms with Crippen LogP contribution in [0.15, 0.2) is 33.8 Å². The maximum Gasteiger partial charge on any atom is 0.238 e. The first-order chi connectivity index (χ1) is 7.39. The van der Waals surface area contributed by atoms with Gasteiger partial charge in [-0.05, 0) is 18.2 Å². The second-order valence-electron chi connectivity index (χ2n) is 3.15. The molecular weight excluding hydrogens is 316 g/mol. The van der Waals surface area contributed by atoms with Gasteiger partial charge in [0.15, 0.2) is 0 Å². The van der Waals surface area contributed by atoms with E-state index < -0.39 is 10.0 Å². The standard InChI is InChI=1S/C9H6BrClN2O2S/c10-5-3-7-6(1-2-13-9(7)11)8(4-5)16(12,14)15/h1-4H,(H2,12,14,15).